The lowest BCUT2D eigenvalue weighted by atomic mass is 9.96. The molecule has 1 heterocycles. The van der Waals surface area contributed by atoms with Gasteiger partial charge in [0.15, 0.2) is 0 Å². The second kappa shape index (κ2) is 6.90. The number of halogens is 2. The van der Waals surface area contributed by atoms with Crippen LogP contribution in [0.5, 0.6) is 0 Å². The molecule has 0 aliphatic rings. The Labute approximate surface area is 137 Å². The predicted molar refractivity (Wildman–Crippen MR) is 91.5 cm³/mol. The van der Waals surface area contributed by atoms with E-state index < -0.39 is 0 Å². The van der Waals surface area contributed by atoms with Crippen LogP contribution in [-0.4, -0.2) is 15.1 Å². The highest BCUT2D eigenvalue weighted by molar-refractivity contribution is 9.10. The molecule has 4 heteroatoms. The van der Waals surface area contributed by atoms with Gasteiger partial charge in [-0.2, -0.15) is 5.10 Å². The molecule has 0 N–H and O–H groups in total. The summed E-state index contributed by atoms with van der Waals surface area (Å²) in [5.74, 6) is 0.573. The van der Waals surface area contributed by atoms with E-state index in [1.807, 2.05) is 18.7 Å². The molecule has 1 atom stereocenters. The van der Waals surface area contributed by atoms with E-state index in [1.165, 1.54) is 16.8 Å². The maximum absolute atomic E-state index is 4.47. The minimum Gasteiger partial charge on any atom is -0.271 e. The van der Waals surface area contributed by atoms with E-state index >= 15 is 0 Å². The minimum absolute atomic E-state index is 0.573. The Bertz CT molecular complexity index is 573. The molecule has 1 aromatic carbocycles. The van der Waals surface area contributed by atoms with Crippen LogP contribution in [0.3, 0.4) is 0 Å². The van der Waals surface area contributed by atoms with Gasteiger partial charge in [0.25, 0.3) is 0 Å². The third-order valence-electron chi connectivity index (χ3n) is 3.61. The molecular formula is C16H20Br2N2. The number of rotatable bonds is 5. The van der Waals surface area contributed by atoms with Crippen LogP contribution in [0.2, 0.25) is 0 Å². The molecule has 1 unspecified atom stereocenters. The summed E-state index contributed by atoms with van der Waals surface area (Å²) in [4.78, 5) is 0. The van der Waals surface area contributed by atoms with Crippen molar-refractivity contribution in [2.24, 2.45) is 13.0 Å². The number of aromatic nitrogens is 2. The van der Waals surface area contributed by atoms with Crippen molar-refractivity contribution in [3.63, 3.8) is 0 Å². The van der Waals surface area contributed by atoms with Crippen molar-refractivity contribution in [2.45, 2.75) is 26.7 Å². The Morgan fingerprint density at radius 3 is 2.30 bits per heavy atom. The highest BCUT2D eigenvalue weighted by Crippen LogP contribution is 2.25. The fourth-order valence-electron chi connectivity index (χ4n) is 2.41. The SMILES string of the molecule is Cc1ccc(CC(CBr)Cc2c(Br)c(C)nn2C)cc1. The molecule has 0 bridgehead atoms. The Morgan fingerprint density at radius 2 is 1.80 bits per heavy atom. The molecule has 0 amide bonds. The van der Waals surface area contributed by atoms with E-state index in [1.54, 1.807) is 0 Å². The van der Waals surface area contributed by atoms with Crippen molar-refractivity contribution >= 4 is 31.9 Å². The van der Waals surface area contributed by atoms with Gasteiger partial charge in [0.1, 0.15) is 0 Å². The average molecular weight is 400 g/mol. The van der Waals surface area contributed by atoms with Gasteiger partial charge >= 0.3 is 0 Å². The van der Waals surface area contributed by atoms with Gasteiger partial charge in [-0.15, -0.1) is 0 Å². The van der Waals surface area contributed by atoms with E-state index in [0.29, 0.717) is 5.92 Å². The van der Waals surface area contributed by atoms with E-state index in [-0.39, 0.29) is 0 Å². The summed E-state index contributed by atoms with van der Waals surface area (Å²) in [7, 11) is 2.02. The summed E-state index contributed by atoms with van der Waals surface area (Å²) in [6, 6.07) is 8.83. The molecule has 1 aromatic heterocycles. The normalized spacial score (nSPS) is 12.7. The van der Waals surface area contributed by atoms with E-state index in [2.05, 4.69) is 68.1 Å². The maximum Gasteiger partial charge on any atom is 0.0738 e. The first-order chi connectivity index (χ1) is 9.51. The second-order valence-corrected chi connectivity index (χ2v) is 6.82. The quantitative estimate of drug-likeness (QED) is 0.672. The van der Waals surface area contributed by atoms with Crippen molar-refractivity contribution < 1.29 is 0 Å². The van der Waals surface area contributed by atoms with Gasteiger partial charge in [0.2, 0.25) is 0 Å². The second-order valence-electron chi connectivity index (χ2n) is 5.38. The van der Waals surface area contributed by atoms with Crippen LogP contribution in [-0.2, 0) is 19.9 Å². The summed E-state index contributed by atoms with van der Waals surface area (Å²) < 4.78 is 3.14. The van der Waals surface area contributed by atoms with Gasteiger partial charge in [0, 0.05) is 12.4 Å². The zero-order chi connectivity index (χ0) is 14.7. The molecule has 108 valence electrons. The zero-order valence-corrected chi connectivity index (χ0v) is 15.3. The maximum atomic E-state index is 4.47. The third-order valence-corrected chi connectivity index (χ3v) is 5.55. The molecule has 0 fully saturated rings. The average Bonchev–Trinajstić information content (AvgIpc) is 2.66. The fourth-order valence-corrected chi connectivity index (χ4v) is 3.37. The van der Waals surface area contributed by atoms with Gasteiger partial charge in [0.05, 0.1) is 15.9 Å². The molecular weight excluding hydrogens is 380 g/mol. The molecule has 0 aliphatic carbocycles. The lowest BCUT2D eigenvalue weighted by molar-refractivity contribution is 0.555. The highest BCUT2D eigenvalue weighted by atomic mass is 79.9. The van der Waals surface area contributed by atoms with Gasteiger partial charge in [-0.3, -0.25) is 4.68 Å². The van der Waals surface area contributed by atoms with Gasteiger partial charge in [-0.1, -0.05) is 45.8 Å². The van der Waals surface area contributed by atoms with Crippen molar-refractivity contribution in [1.82, 2.24) is 9.78 Å². The third kappa shape index (κ3) is 3.73. The van der Waals surface area contributed by atoms with Crippen LogP contribution in [0.25, 0.3) is 0 Å². The molecule has 2 rings (SSSR count). The van der Waals surface area contributed by atoms with E-state index in [4.69, 9.17) is 0 Å². The molecule has 20 heavy (non-hydrogen) atoms. The predicted octanol–water partition coefficient (Wildman–Crippen LogP) is 4.60. The van der Waals surface area contributed by atoms with Crippen molar-refractivity contribution in [2.75, 3.05) is 5.33 Å². The van der Waals surface area contributed by atoms with Crippen LogP contribution >= 0.6 is 31.9 Å². The summed E-state index contributed by atoms with van der Waals surface area (Å²) in [6.45, 7) is 4.16. The number of hydrogen-bond acceptors (Lipinski definition) is 1. The molecule has 0 radical (unpaired) electrons. The van der Waals surface area contributed by atoms with Gasteiger partial charge in [-0.25, -0.2) is 0 Å². The number of alkyl halides is 1. The number of aryl methyl sites for hydroxylation is 3. The van der Waals surface area contributed by atoms with Crippen molar-refractivity contribution in [1.29, 1.82) is 0 Å². The Morgan fingerprint density at radius 1 is 1.15 bits per heavy atom. The topological polar surface area (TPSA) is 17.8 Å². The Balaban J connectivity index is 2.11. The van der Waals surface area contributed by atoms with Crippen molar-refractivity contribution in [3.8, 4) is 0 Å². The number of benzene rings is 1. The van der Waals surface area contributed by atoms with Crippen LogP contribution in [0.4, 0.5) is 0 Å². The molecule has 0 saturated heterocycles. The monoisotopic (exact) mass is 398 g/mol. The van der Waals surface area contributed by atoms with Crippen LogP contribution < -0.4 is 0 Å². The highest BCUT2D eigenvalue weighted by Gasteiger charge is 2.16. The first-order valence-corrected chi connectivity index (χ1v) is 8.72. The first kappa shape index (κ1) is 15.8. The molecule has 2 nitrogen and oxygen atoms in total. The molecule has 0 spiro atoms. The summed E-state index contributed by atoms with van der Waals surface area (Å²) in [6.07, 6.45) is 2.11. The summed E-state index contributed by atoms with van der Waals surface area (Å²) >= 11 is 7.31. The fraction of sp³-hybridized carbons (Fsp3) is 0.438. The van der Waals surface area contributed by atoms with Crippen LogP contribution in [0.1, 0.15) is 22.5 Å². The first-order valence-electron chi connectivity index (χ1n) is 6.80. The Kier molecular flexibility index (Phi) is 5.44. The summed E-state index contributed by atoms with van der Waals surface area (Å²) in [5, 5.41) is 5.47. The lowest BCUT2D eigenvalue weighted by Gasteiger charge is -2.15. The molecule has 0 aliphatic heterocycles. The number of hydrogen-bond donors (Lipinski definition) is 0. The van der Waals surface area contributed by atoms with Crippen LogP contribution in [0, 0.1) is 19.8 Å². The number of nitrogens with zero attached hydrogens (tertiary/aromatic N) is 2. The zero-order valence-electron chi connectivity index (χ0n) is 12.2. The van der Waals surface area contributed by atoms with Crippen LogP contribution in [0.15, 0.2) is 28.7 Å². The van der Waals surface area contributed by atoms with E-state index in [0.717, 1.165) is 28.3 Å². The smallest absolute Gasteiger partial charge is 0.0738 e. The molecule has 0 saturated carbocycles. The standard InChI is InChI=1S/C16H20Br2N2/c1-11-4-6-13(7-5-11)8-14(10-17)9-15-16(18)12(2)19-20(15)3/h4-7,14H,8-10H2,1-3H3. The van der Waals surface area contributed by atoms with E-state index in [9.17, 15) is 0 Å². The minimum atomic E-state index is 0.573. The largest absolute Gasteiger partial charge is 0.271 e. The van der Waals surface area contributed by atoms with Crippen molar-refractivity contribution in [3.05, 3.63) is 51.3 Å². The Hall–Kier alpha value is -0.610. The summed E-state index contributed by atoms with van der Waals surface area (Å²) in [5.41, 5.74) is 5.05. The van der Waals surface area contributed by atoms with Gasteiger partial charge < -0.3 is 0 Å². The molecule has 2 aromatic rings. The lowest BCUT2D eigenvalue weighted by Crippen LogP contribution is -2.13. The van der Waals surface area contributed by atoms with Gasteiger partial charge in [-0.05, 0) is 54.1 Å².